The Morgan fingerprint density at radius 2 is 1.78 bits per heavy atom. The van der Waals surface area contributed by atoms with E-state index in [-0.39, 0.29) is 12.0 Å². The van der Waals surface area contributed by atoms with Crippen LogP contribution in [0.4, 0.5) is 0 Å². The summed E-state index contributed by atoms with van der Waals surface area (Å²) < 4.78 is 5.09. The van der Waals surface area contributed by atoms with E-state index < -0.39 is 0 Å². The molecule has 0 aliphatic heterocycles. The third-order valence-electron chi connectivity index (χ3n) is 2.50. The van der Waals surface area contributed by atoms with Gasteiger partial charge in [-0.25, -0.2) is 0 Å². The van der Waals surface area contributed by atoms with Crippen LogP contribution in [0.1, 0.15) is 47.5 Å². The molecule has 4 heteroatoms. The molecule has 3 nitrogen and oxygen atoms in total. The SMILES string of the molecule is CCOC(=O)C(CCSCCC(C)C)NC(C)C. The van der Waals surface area contributed by atoms with Crippen molar-refractivity contribution in [2.75, 3.05) is 18.1 Å². The van der Waals surface area contributed by atoms with Gasteiger partial charge in [0.1, 0.15) is 6.04 Å². The Labute approximate surface area is 116 Å². The maximum absolute atomic E-state index is 11.8. The van der Waals surface area contributed by atoms with Crippen molar-refractivity contribution < 1.29 is 9.53 Å². The summed E-state index contributed by atoms with van der Waals surface area (Å²) in [5.74, 6) is 2.83. The van der Waals surface area contributed by atoms with Gasteiger partial charge in [-0.3, -0.25) is 4.79 Å². The van der Waals surface area contributed by atoms with Crippen LogP contribution in [0.15, 0.2) is 0 Å². The van der Waals surface area contributed by atoms with Crippen molar-refractivity contribution >= 4 is 17.7 Å². The molecule has 108 valence electrons. The van der Waals surface area contributed by atoms with Crippen LogP contribution in [-0.4, -0.2) is 36.2 Å². The van der Waals surface area contributed by atoms with Gasteiger partial charge in [0.15, 0.2) is 0 Å². The number of nitrogens with one attached hydrogen (secondary N) is 1. The van der Waals surface area contributed by atoms with Crippen molar-refractivity contribution in [2.45, 2.75) is 59.5 Å². The first-order chi connectivity index (χ1) is 8.47. The molecule has 1 N–H and O–H groups in total. The van der Waals surface area contributed by atoms with E-state index in [4.69, 9.17) is 4.74 Å². The summed E-state index contributed by atoms with van der Waals surface area (Å²) in [5.41, 5.74) is 0. The maximum Gasteiger partial charge on any atom is 0.323 e. The highest BCUT2D eigenvalue weighted by Crippen LogP contribution is 2.11. The van der Waals surface area contributed by atoms with Gasteiger partial charge in [0.2, 0.25) is 0 Å². The zero-order chi connectivity index (χ0) is 14.0. The number of thioether (sulfide) groups is 1. The smallest absolute Gasteiger partial charge is 0.323 e. The second-order valence-electron chi connectivity index (χ2n) is 5.21. The number of esters is 1. The van der Waals surface area contributed by atoms with E-state index in [1.54, 1.807) is 0 Å². The van der Waals surface area contributed by atoms with Gasteiger partial charge < -0.3 is 10.1 Å². The van der Waals surface area contributed by atoms with Crippen molar-refractivity contribution in [3.63, 3.8) is 0 Å². The van der Waals surface area contributed by atoms with Gasteiger partial charge in [0.05, 0.1) is 6.61 Å². The first-order valence-corrected chi connectivity index (χ1v) is 8.13. The average molecular weight is 275 g/mol. The lowest BCUT2D eigenvalue weighted by Gasteiger charge is -2.19. The van der Waals surface area contributed by atoms with Crippen LogP contribution in [0.3, 0.4) is 0 Å². The van der Waals surface area contributed by atoms with Crippen LogP contribution in [0.5, 0.6) is 0 Å². The predicted molar refractivity (Wildman–Crippen MR) is 80.1 cm³/mol. The number of ether oxygens (including phenoxy) is 1. The molecule has 0 bridgehead atoms. The molecule has 1 unspecified atom stereocenters. The van der Waals surface area contributed by atoms with Crippen LogP contribution < -0.4 is 5.32 Å². The fourth-order valence-electron chi connectivity index (χ4n) is 1.54. The third kappa shape index (κ3) is 9.77. The van der Waals surface area contributed by atoms with Gasteiger partial charge in [-0.2, -0.15) is 11.8 Å². The van der Waals surface area contributed by atoms with Gasteiger partial charge >= 0.3 is 5.97 Å². The molecule has 0 amide bonds. The van der Waals surface area contributed by atoms with Gasteiger partial charge in [-0.1, -0.05) is 27.7 Å². The molecule has 0 aliphatic carbocycles. The van der Waals surface area contributed by atoms with Gasteiger partial charge in [0.25, 0.3) is 0 Å². The Bertz CT molecular complexity index is 220. The number of carbonyl (C=O) groups excluding carboxylic acids is 1. The standard InChI is InChI=1S/C14H29NO2S/c1-6-17-14(16)13(15-12(4)5)8-10-18-9-7-11(2)3/h11-13,15H,6-10H2,1-5H3. The molecular formula is C14H29NO2S. The van der Waals surface area contributed by atoms with E-state index in [1.807, 2.05) is 18.7 Å². The van der Waals surface area contributed by atoms with Crippen molar-refractivity contribution in [3.05, 3.63) is 0 Å². The summed E-state index contributed by atoms with van der Waals surface area (Å²) in [6.07, 6.45) is 2.09. The summed E-state index contributed by atoms with van der Waals surface area (Å²) >= 11 is 1.92. The molecule has 18 heavy (non-hydrogen) atoms. The van der Waals surface area contributed by atoms with Crippen molar-refractivity contribution in [1.82, 2.24) is 5.32 Å². The summed E-state index contributed by atoms with van der Waals surface area (Å²) in [6.45, 7) is 10.9. The molecule has 0 aromatic heterocycles. The van der Waals surface area contributed by atoms with Crippen molar-refractivity contribution in [2.24, 2.45) is 5.92 Å². The fraction of sp³-hybridized carbons (Fsp3) is 0.929. The molecule has 0 saturated heterocycles. The first kappa shape index (κ1) is 17.8. The Balaban J connectivity index is 3.90. The zero-order valence-corrected chi connectivity index (χ0v) is 13.3. The zero-order valence-electron chi connectivity index (χ0n) is 12.5. The largest absolute Gasteiger partial charge is 0.465 e. The number of hydrogen-bond donors (Lipinski definition) is 1. The molecule has 0 spiro atoms. The lowest BCUT2D eigenvalue weighted by atomic mass is 10.2. The number of carbonyl (C=O) groups is 1. The predicted octanol–water partition coefficient (Wildman–Crippen LogP) is 3.09. The molecule has 1 atom stereocenters. The Morgan fingerprint density at radius 3 is 2.28 bits per heavy atom. The van der Waals surface area contributed by atoms with Crippen LogP contribution in [0, 0.1) is 5.92 Å². The quantitative estimate of drug-likeness (QED) is 0.491. The van der Waals surface area contributed by atoms with Crippen LogP contribution in [0.25, 0.3) is 0 Å². The summed E-state index contributed by atoms with van der Waals surface area (Å²) in [6, 6.07) is 0.150. The molecule has 0 aromatic rings. The molecule has 0 fully saturated rings. The molecule has 0 radical (unpaired) electrons. The summed E-state index contributed by atoms with van der Waals surface area (Å²) in [4.78, 5) is 11.8. The van der Waals surface area contributed by atoms with Gasteiger partial charge in [0, 0.05) is 6.04 Å². The van der Waals surface area contributed by atoms with Crippen LogP contribution in [-0.2, 0) is 9.53 Å². The van der Waals surface area contributed by atoms with Crippen LogP contribution >= 0.6 is 11.8 Å². The minimum absolute atomic E-state index is 0.115. The highest BCUT2D eigenvalue weighted by atomic mass is 32.2. The second kappa shape index (κ2) is 10.7. The molecule has 0 aromatic carbocycles. The fourth-order valence-corrected chi connectivity index (χ4v) is 2.78. The van der Waals surface area contributed by atoms with E-state index in [9.17, 15) is 4.79 Å². The Morgan fingerprint density at radius 1 is 1.17 bits per heavy atom. The molecule has 0 rings (SSSR count). The molecule has 0 saturated carbocycles. The lowest BCUT2D eigenvalue weighted by Crippen LogP contribution is -2.42. The Hall–Kier alpha value is -0.220. The molecule has 0 heterocycles. The molecule has 0 aliphatic rings. The minimum Gasteiger partial charge on any atom is -0.465 e. The highest BCUT2D eigenvalue weighted by molar-refractivity contribution is 7.99. The molecular weight excluding hydrogens is 246 g/mol. The van der Waals surface area contributed by atoms with Crippen LogP contribution in [0.2, 0.25) is 0 Å². The van der Waals surface area contributed by atoms with Gasteiger partial charge in [-0.05, 0) is 37.2 Å². The first-order valence-electron chi connectivity index (χ1n) is 6.97. The van der Waals surface area contributed by atoms with E-state index in [2.05, 4.69) is 33.0 Å². The minimum atomic E-state index is -0.156. The topological polar surface area (TPSA) is 38.3 Å². The third-order valence-corrected chi connectivity index (χ3v) is 3.54. The van der Waals surface area contributed by atoms with E-state index in [0.29, 0.717) is 12.6 Å². The highest BCUT2D eigenvalue weighted by Gasteiger charge is 2.19. The number of rotatable bonds is 10. The Kier molecular flexibility index (Phi) is 10.5. The maximum atomic E-state index is 11.8. The van der Waals surface area contributed by atoms with E-state index in [0.717, 1.165) is 18.1 Å². The normalized spacial score (nSPS) is 13.1. The summed E-state index contributed by atoms with van der Waals surface area (Å²) in [5, 5.41) is 3.28. The second-order valence-corrected chi connectivity index (χ2v) is 6.43. The van der Waals surface area contributed by atoms with Gasteiger partial charge in [-0.15, -0.1) is 0 Å². The summed E-state index contributed by atoms with van der Waals surface area (Å²) in [7, 11) is 0. The monoisotopic (exact) mass is 275 g/mol. The lowest BCUT2D eigenvalue weighted by molar-refractivity contribution is -0.145. The van der Waals surface area contributed by atoms with E-state index >= 15 is 0 Å². The average Bonchev–Trinajstić information content (AvgIpc) is 2.26. The number of hydrogen-bond acceptors (Lipinski definition) is 4. The van der Waals surface area contributed by atoms with Crippen molar-refractivity contribution in [1.29, 1.82) is 0 Å². The van der Waals surface area contributed by atoms with Crippen molar-refractivity contribution in [3.8, 4) is 0 Å². The van der Waals surface area contributed by atoms with E-state index in [1.165, 1.54) is 12.2 Å².